The number of para-hydroxylation sites is 1. The molecule has 2 atom stereocenters. The maximum absolute atomic E-state index is 13.7. The van der Waals surface area contributed by atoms with E-state index in [2.05, 4.69) is 20.9 Å². The van der Waals surface area contributed by atoms with Gasteiger partial charge in [-0.05, 0) is 75.8 Å². The van der Waals surface area contributed by atoms with Crippen molar-refractivity contribution >= 4 is 56.5 Å². The molecule has 11 heteroatoms. The molecular weight excluding hydrogens is 564 g/mol. The third-order valence-electron chi connectivity index (χ3n) is 7.73. The Balaban J connectivity index is 1.27. The molecule has 6 rings (SSSR count). The lowest BCUT2D eigenvalue weighted by molar-refractivity contribution is -0.122. The number of aromatic nitrogens is 1. The minimum Gasteiger partial charge on any atom is -0.457 e. The van der Waals surface area contributed by atoms with Gasteiger partial charge in [-0.3, -0.25) is 14.5 Å². The zero-order valence-electron chi connectivity index (χ0n) is 24.3. The lowest BCUT2D eigenvalue weighted by Gasteiger charge is -2.33. The van der Waals surface area contributed by atoms with Crippen LogP contribution in [0.3, 0.4) is 0 Å². The number of pyridine rings is 1. The second kappa shape index (κ2) is 12.0. The highest BCUT2D eigenvalue weighted by Crippen LogP contribution is 2.46. The number of amides is 4. The van der Waals surface area contributed by atoms with E-state index in [-0.39, 0.29) is 36.5 Å². The van der Waals surface area contributed by atoms with E-state index in [4.69, 9.17) is 4.74 Å². The number of thiophene rings is 1. The highest BCUT2D eigenvalue weighted by atomic mass is 32.1. The topological polar surface area (TPSA) is 116 Å². The van der Waals surface area contributed by atoms with E-state index in [9.17, 15) is 14.4 Å². The molecule has 0 bridgehead atoms. The van der Waals surface area contributed by atoms with Crippen molar-refractivity contribution in [2.45, 2.75) is 44.7 Å². The Bertz CT molecular complexity index is 1690. The summed E-state index contributed by atoms with van der Waals surface area (Å²) in [6.07, 6.45) is 5.19. The van der Waals surface area contributed by atoms with E-state index in [0.717, 1.165) is 42.4 Å². The second-order valence-electron chi connectivity index (χ2n) is 11.2. The van der Waals surface area contributed by atoms with Crippen LogP contribution in [0, 0.1) is 6.92 Å². The number of nitrogens with zero attached hydrogens (tertiary/aromatic N) is 3. The fraction of sp³-hybridized carbons (Fsp3) is 0.312. The molecule has 43 heavy (non-hydrogen) atoms. The maximum atomic E-state index is 13.7. The van der Waals surface area contributed by atoms with Crippen LogP contribution in [0.5, 0.6) is 11.5 Å². The first-order chi connectivity index (χ1) is 20.8. The molecule has 2 aliphatic rings. The Hall–Kier alpha value is -4.48. The summed E-state index contributed by atoms with van der Waals surface area (Å²) in [5.41, 5.74) is 2.68. The number of benzene rings is 2. The first kappa shape index (κ1) is 28.6. The standard InChI is InChI=1S/C32H34N6O4S/c1-19-17-21(42-20-9-5-4-6-10-20)13-14-24(19)38-25-15-16-33-31-27(25)28(36-32(38)41)29(43-31)30(40)35-23-12-8-7-11-22(23)34-26(39)18-37(2)3/h4-6,9-10,13-17,22-23H,7-8,11-12,18H2,1-3H3,(H,34,39)(H,35,40)(H,36,41)/t22-,23+/m0/s1. The van der Waals surface area contributed by atoms with Crippen molar-refractivity contribution in [2.75, 3.05) is 30.9 Å². The summed E-state index contributed by atoms with van der Waals surface area (Å²) in [5, 5.41) is 9.95. The minimum atomic E-state index is -0.362. The molecule has 3 heterocycles. The monoisotopic (exact) mass is 598 g/mol. The average Bonchev–Trinajstić information content (AvgIpc) is 3.34. The number of nitrogens with one attached hydrogen (secondary N) is 3. The molecule has 0 unspecified atom stereocenters. The average molecular weight is 599 g/mol. The van der Waals surface area contributed by atoms with Gasteiger partial charge in [0.25, 0.3) is 5.91 Å². The number of carbonyl (C=O) groups is 3. The smallest absolute Gasteiger partial charge is 0.331 e. The Kier molecular flexibility index (Phi) is 8.00. The molecule has 10 nitrogen and oxygen atoms in total. The molecule has 4 aromatic rings. The Morgan fingerprint density at radius 1 is 1.02 bits per heavy atom. The molecule has 222 valence electrons. The van der Waals surface area contributed by atoms with Crippen LogP contribution in [0.4, 0.5) is 21.9 Å². The lowest BCUT2D eigenvalue weighted by atomic mass is 9.90. The van der Waals surface area contributed by atoms with Gasteiger partial charge in [-0.15, -0.1) is 11.3 Å². The largest absolute Gasteiger partial charge is 0.457 e. The van der Waals surface area contributed by atoms with Crippen LogP contribution in [0.25, 0.3) is 10.2 Å². The number of hydrogen-bond acceptors (Lipinski definition) is 7. The lowest BCUT2D eigenvalue weighted by Crippen LogP contribution is -2.54. The molecule has 0 radical (unpaired) electrons. The molecule has 1 saturated carbocycles. The fourth-order valence-corrected chi connectivity index (χ4v) is 6.82. The van der Waals surface area contributed by atoms with Gasteiger partial charge in [-0.2, -0.15) is 0 Å². The van der Waals surface area contributed by atoms with E-state index >= 15 is 0 Å². The molecule has 3 N–H and O–H groups in total. The van der Waals surface area contributed by atoms with Crippen LogP contribution < -0.4 is 25.6 Å². The van der Waals surface area contributed by atoms with Gasteiger partial charge in [0.1, 0.15) is 21.2 Å². The summed E-state index contributed by atoms with van der Waals surface area (Å²) in [6.45, 7) is 2.22. The molecule has 4 amide bonds. The molecule has 0 spiro atoms. The Morgan fingerprint density at radius 2 is 1.77 bits per heavy atom. The summed E-state index contributed by atoms with van der Waals surface area (Å²) >= 11 is 1.25. The molecule has 0 saturated heterocycles. The van der Waals surface area contributed by atoms with Crippen molar-refractivity contribution in [1.29, 1.82) is 0 Å². The van der Waals surface area contributed by atoms with Gasteiger partial charge in [0.15, 0.2) is 0 Å². The number of anilines is 3. The third kappa shape index (κ3) is 5.91. The Morgan fingerprint density at radius 3 is 2.49 bits per heavy atom. The Labute approximate surface area is 254 Å². The maximum Gasteiger partial charge on any atom is 0.331 e. The van der Waals surface area contributed by atoms with Gasteiger partial charge >= 0.3 is 6.03 Å². The van der Waals surface area contributed by atoms with Crippen molar-refractivity contribution in [2.24, 2.45) is 0 Å². The van der Waals surface area contributed by atoms with Gasteiger partial charge in [0.2, 0.25) is 5.91 Å². The highest BCUT2D eigenvalue weighted by molar-refractivity contribution is 7.21. The molecular formula is C32H34N6O4S. The predicted octanol–water partition coefficient (Wildman–Crippen LogP) is 5.80. The van der Waals surface area contributed by atoms with Gasteiger partial charge < -0.3 is 25.6 Å². The fourth-order valence-electron chi connectivity index (χ4n) is 5.80. The van der Waals surface area contributed by atoms with Crippen molar-refractivity contribution in [1.82, 2.24) is 20.5 Å². The third-order valence-corrected chi connectivity index (χ3v) is 8.83. The van der Waals surface area contributed by atoms with Crippen molar-refractivity contribution in [3.05, 3.63) is 71.2 Å². The number of rotatable bonds is 8. The van der Waals surface area contributed by atoms with Crippen LogP contribution in [-0.4, -0.2) is 60.5 Å². The number of likely N-dealkylation sites (N-methyl/N-ethyl adjacent to an activating group) is 1. The van der Waals surface area contributed by atoms with Crippen LogP contribution in [0.1, 0.15) is 40.9 Å². The van der Waals surface area contributed by atoms with E-state index in [1.807, 2.05) is 74.4 Å². The van der Waals surface area contributed by atoms with E-state index in [0.29, 0.717) is 32.5 Å². The highest BCUT2D eigenvalue weighted by Gasteiger charge is 2.35. The summed E-state index contributed by atoms with van der Waals surface area (Å²) in [6, 6.07) is 16.2. The number of aryl methyl sites for hydroxylation is 1. The zero-order chi connectivity index (χ0) is 30.1. The molecule has 2 aromatic heterocycles. The SMILES string of the molecule is Cc1cc(Oc2ccccc2)ccc1N1C(=O)Nc2c(C(=O)N[C@@H]3CCCC[C@@H]3NC(=O)CN(C)C)sc3nccc1c23. The normalized spacial score (nSPS) is 18.0. The quantitative estimate of drug-likeness (QED) is 0.236. The second-order valence-corrected chi connectivity index (χ2v) is 12.2. The number of carbonyl (C=O) groups excluding carboxylic acids is 3. The number of urea groups is 1. The van der Waals surface area contributed by atoms with Crippen molar-refractivity contribution in [3.8, 4) is 11.5 Å². The summed E-state index contributed by atoms with van der Waals surface area (Å²) in [7, 11) is 3.70. The molecule has 1 aliphatic carbocycles. The first-order valence-electron chi connectivity index (χ1n) is 14.4. The van der Waals surface area contributed by atoms with Crippen molar-refractivity contribution in [3.63, 3.8) is 0 Å². The van der Waals surface area contributed by atoms with Crippen LogP contribution >= 0.6 is 11.3 Å². The zero-order valence-corrected chi connectivity index (χ0v) is 25.2. The minimum absolute atomic E-state index is 0.0655. The van der Waals surface area contributed by atoms with Crippen LogP contribution in [0.15, 0.2) is 60.8 Å². The number of hydrogen-bond donors (Lipinski definition) is 3. The van der Waals surface area contributed by atoms with Crippen LogP contribution in [-0.2, 0) is 4.79 Å². The molecule has 1 aliphatic heterocycles. The summed E-state index contributed by atoms with van der Waals surface area (Å²) < 4.78 is 5.98. The van der Waals surface area contributed by atoms with E-state index in [1.54, 1.807) is 17.2 Å². The van der Waals surface area contributed by atoms with Crippen molar-refractivity contribution < 1.29 is 19.1 Å². The van der Waals surface area contributed by atoms with Crippen LogP contribution in [0.2, 0.25) is 0 Å². The molecule has 2 aromatic carbocycles. The number of ether oxygens (including phenoxy) is 1. The predicted molar refractivity (Wildman–Crippen MR) is 169 cm³/mol. The molecule has 1 fully saturated rings. The van der Waals surface area contributed by atoms with Gasteiger partial charge in [0, 0.05) is 18.3 Å². The van der Waals surface area contributed by atoms with Gasteiger partial charge in [-0.25, -0.2) is 9.78 Å². The van der Waals surface area contributed by atoms with Gasteiger partial charge in [0.05, 0.1) is 29.0 Å². The summed E-state index contributed by atoms with van der Waals surface area (Å²) in [4.78, 5) is 48.8. The van der Waals surface area contributed by atoms with E-state index < -0.39 is 0 Å². The van der Waals surface area contributed by atoms with Gasteiger partial charge in [-0.1, -0.05) is 31.0 Å². The first-order valence-corrected chi connectivity index (χ1v) is 15.2. The van der Waals surface area contributed by atoms with E-state index in [1.165, 1.54) is 11.3 Å². The summed E-state index contributed by atoms with van der Waals surface area (Å²) in [5.74, 6) is 1.04.